The van der Waals surface area contributed by atoms with Crippen LogP contribution in [0.3, 0.4) is 0 Å². The van der Waals surface area contributed by atoms with Crippen molar-refractivity contribution < 1.29 is 0 Å². The van der Waals surface area contributed by atoms with E-state index in [1.807, 2.05) is 11.4 Å². The molecule has 0 saturated heterocycles. The Morgan fingerprint density at radius 3 is 2.82 bits per heavy atom. The maximum atomic E-state index is 5.90. The SMILES string of the molecule is CC(C)(C)CCSc1nc(N)c2ccsc2n1. The first-order valence-electron chi connectivity index (χ1n) is 5.59. The number of aromatic nitrogens is 2. The van der Waals surface area contributed by atoms with Crippen LogP contribution in [-0.2, 0) is 0 Å². The fraction of sp³-hybridized carbons (Fsp3) is 0.500. The van der Waals surface area contributed by atoms with E-state index in [-0.39, 0.29) is 0 Å². The summed E-state index contributed by atoms with van der Waals surface area (Å²) in [5.74, 6) is 1.62. The summed E-state index contributed by atoms with van der Waals surface area (Å²) in [6, 6.07) is 1.97. The highest BCUT2D eigenvalue weighted by molar-refractivity contribution is 7.99. The number of hydrogen-bond donors (Lipinski definition) is 1. The number of thioether (sulfide) groups is 1. The number of anilines is 1. The Labute approximate surface area is 110 Å². The molecule has 0 radical (unpaired) electrons. The molecular weight excluding hydrogens is 250 g/mol. The number of fused-ring (bicyclic) bond motifs is 1. The van der Waals surface area contributed by atoms with Crippen molar-refractivity contribution in [2.24, 2.45) is 5.41 Å². The summed E-state index contributed by atoms with van der Waals surface area (Å²) in [4.78, 5) is 9.82. The summed E-state index contributed by atoms with van der Waals surface area (Å²) < 4.78 is 0. The number of nitrogens with two attached hydrogens (primary N) is 1. The minimum Gasteiger partial charge on any atom is -0.383 e. The zero-order chi connectivity index (χ0) is 12.5. The van der Waals surface area contributed by atoms with Gasteiger partial charge in [-0.25, -0.2) is 9.97 Å². The Hall–Kier alpha value is -0.810. The van der Waals surface area contributed by atoms with E-state index in [4.69, 9.17) is 5.73 Å². The van der Waals surface area contributed by atoms with Crippen LogP contribution in [-0.4, -0.2) is 15.7 Å². The molecular formula is C12H17N3S2. The van der Waals surface area contributed by atoms with E-state index < -0.39 is 0 Å². The van der Waals surface area contributed by atoms with Gasteiger partial charge in [-0.1, -0.05) is 32.5 Å². The van der Waals surface area contributed by atoms with E-state index in [9.17, 15) is 0 Å². The number of nitrogens with zero attached hydrogens (tertiary/aromatic N) is 2. The van der Waals surface area contributed by atoms with Crippen LogP contribution >= 0.6 is 23.1 Å². The molecule has 92 valence electrons. The summed E-state index contributed by atoms with van der Waals surface area (Å²) in [5.41, 5.74) is 6.25. The van der Waals surface area contributed by atoms with Gasteiger partial charge in [0.05, 0.1) is 5.39 Å². The lowest BCUT2D eigenvalue weighted by Crippen LogP contribution is -2.06. The van der Waals surface area contributed by atoms with Gasteiger partial charge in [0.2, 0.25) is 0 Å². The lowest BCUT2D eigenvalue weighted by Gasteiger charge is -2.16. The van der Waals surface area contributed by atoms with E-state index in [0.717, 1.165) is 27.5 Å². The number of thiophene rings is 1. The van der Waals surface area contributed by atoms with Gasteiger partial charge in [0.25, 0.3) is 0 Å². The Kier molecular flexibility index (Phi) is 3.58. The van der Waals surface area contributed by atoms with E-state index >= 15 is 0 Å². The fourth-order valence-electron chi connectivity index (χ4n) is 1.37. The lowest BCUT2D eigenvalue weighted by molar-refractivity contribution is 0.401. The third-order valence-electron chi connectivity index (χ3n) is 2.42. The highest BCUT2D eigenvalue weighted by Gasteiger charge is 2.11. The molecule has 2 aromatic heterocycles. The first-order chi connectivity index (χ1) is 7.96. The summed E-state index contributed by atoms with van der Waals surface area (Å²) >= 11 is 3.29. The summed E-state index contributed by atoms with van der Waals surface area (Å²) in [5, 5.41) is 3.76. The molecule has 0 amide bonds. The van der Waals surface area contributed by atoms with Crippen molar-refractivity contribution in [1.29, 1.82) is 0 Å². The second-order valence-corrected chi connectivity index (χ2v) is 7.15. The van der Waals surface area contributed by atoms with Crippen molar-refractivity contribution in [3.63, 3.8) is 0 Å². The molecule has 0 atom stereocenters. The standard InChI is InChI=1S/C12H17N3S2/c1-12(2,3)5-7-17-11-14-9(13)8-4-6-16-10(8)15-11/h4,6H,5,7H2,1-3H3,(H2,13,14,15). The normalized spacial score (nSPS) is 12.2. The smallest absolute Gasteiger partial charge is 0.190 e. The Morgan fingerprint density at radius 1 is 1.35 bits per heavy atom. The van der Waals surface area contributed by atoms with Crippen LogP contribution < -0.4 is 5.73 Å². The zero-order valence-electron chi connectivity index (χ0n) is 10.4. The summed E-state index contributed by atoms with van der Waals surface area (Å²) in [6.45, 7) is 6.72. The number of hydrogen-bond acceptors (Lipinski definition) is 5. The van der Waals surface area contributed by atoms with Gasteiger partial charge < -0.3 is 5.73 Å². The third kappa shape index (κ3) is 3.33. The lowest BCUT2D eigenvalue weighted by atomic mass is 9.94. The molecule has 0 aromatic carbocycles. The van der Waals surface area contributed by atoms with Crippen LogP contribution in [0.2, 0.25) is 0 Å². The van der Waals surface area contributed by atoms with Crippen LogP contribution in [0.5, 0.6) is 0 Å². The first kappa shape index (κ1) is 12.6. The van der Waals surface area contributed by atoms with Crippen LogP contribution in [0.25, 0.3) is 10.2 Å². The molecule has 2 N–H and O–H groups in total. The molecule has 0 unspecified atom stereocenters. The molecule has 2 aromatic rings. The molecule has 2 rings (SSSR count). The minimum atomic E-state index is 0.353. The van der Waals surface area contributed by atoms with Crippen LogP contribution in [0.1, 0.15) is 27.2 Å². The van der Waals surface area contributed by atoms with Gasteiger partial charge in [0, 0.05) is 5.75 Å². The van der Waals surface area contributed by atoms with Crippen LogP contribution in [0.4, 0.5) is 5.82 Å². The molecule has 0 spiro atoms. The van der Waals surface area contributed by atoms with Gasteiger partial charge in [0.1, 0.15) is 10.6 Å². The average molecular weight is 267 g/mol. The van der Waals surface area contributed by atoms with Crippen molar-refractivity contribution in [3.8, 4) is 0 Å². The Morgan fingerprint density at radius 2 is 2.12 bits per heavy atom. The van der Waals surface area contributed by atoms with E-state index in [1.54, 1.807) is 23.1 Å². The molecule has 2 heterocycles. The molecule has 0 aliphatic rings. The summed E-state index contributed by atoms with van der Waals surface area (Å²) in [6.07, 6.45) is 1.14. The van der Waals surface area contributed by atoms with Gasteiger partial charge in [-0.05, 0) is 23.3 Å². The third-order valence-corrected chi connectivity index (χ3v) is 4.07. The zero-order valence-corrected chi connectivity index (χ0v) is 12.0. The quantitative estimate of drug-likeness (QED) is 0.679. The van der Waals surface area contributed by atoms with Crippen LogP contribution in [0.15, 0.2) is 16.6 Å². The molecule has 3 nitrogen and oxygen atoms in total. The number of nitrogen functional groups attached to an aromatic ring is 1. The topological polar surface area (TPSA) is 51.8 Å². The second-order valence-electron chi connectivity index (χ2n) is 5.19. The van der Waals surface area contributed by atoms with Crippen LogP contribution in [0, 0.1) is 5.41 Å². The maximum absolute atomic E-state index is 5.90. The molecule has 0 aliphatic carbocycles. The van der Waals surface area contributed by atoms with Gasteiger partial charge in [-0.2, -0.15) is 0 Å². The van der Waals surface area contributed by atoms with Crippen molar-refractivity contribution in [1.82, 2.24) is 9.97 Å². The van der Waals surface area contributed by atoms with Gasteiger partial charge in [0.15, 0.2) is 5.16 Å². The molecule has 17 heavy (non-hydrogen) atoms. The highest BCUT2D eigenvalue weighted by Crippen LogP contribution is 2.28. The summed E-state index contributed by atoms with van der Waals surface area (Å²) in [7, 11) is 0. The van der Waals surface area contributed by atoms with Crippen molar-refractivity contribution >= 4 is 39.1 Å². The van der Waals surface area contributed by atoms with E-state index in [2.05, 4.69) is 30.7 Å². The van der Waals surface area contributed by atoms with Crippen molar-refractivity contribution in [3.05, 3.63) is 11.4 Å². The Balaban J connectivity index is 2.09. The molecule has 0 bridgehead atoms. The van der Waals surface area contributed by atoms with Gasteiger partial charge >= 0.3 is 0 Å². The monoisotopic (exact) mass is 267 g/mol. The maximum Gasteiger partial charge on any atom is 0.190 e. The van der Waals surface area contributed by atoms with Gasteiger partial charge in [-0.3, -0.25) is 0 Å². The van der Waals surface area contributed by atoms with Crippen molar-refractivity contribution in [2.45, 2.75) is 32.3 Å². The van der Waals surface area contributed by atoms with E-state index in [1.165, 1.54) is 0 Å². The van der Waals surface area contributed by atoms with E-state index in [0.29, 0.717) is 11.2 Å². The molecule has 5 heteroatoms. The molecule has 0 fully saturated rings. The highest BCUT2D eigenvalue weighted by atomic mass is 32.2. The van der Waals surface area contributed by atoms with Crippen molar-refractivity contribution in [2.75, 3.05) is 11.5 Å². The molecule has 0 aliphatic heterocycles. The predicted molar refractivity (Wildman–Crippen MR) is 76.6 cm³/mol. The molecule has 0 saturated carbocycles. The Bertz CT molecular complexity index is 514. The fourth-order valence-corrected chi connectivity index (χ4v) is 3.42. The van der Waals surface area contributed by atoms with Gasteiger partial charge in [-0.15, -0.1) is 11.3 Å². The largest absolute Gasteiger partial charge is 0.383 e. The second kappa shape index (κ2) is 4.82. The average Bonchev–Trinajstić information content (AvgIpc) is 2.64. The minimum absolute atomic E-state index is 0.353. The predicted octanol–water partition coefficient (Wildman–Crippen LogP) is 3.80. The first-order valence-corrected chi connectivity index (χ1v) is 7.46. The number of rotatable bonds is 3.